The molecule has 26 heavy (non-hydrogen) atoms. The first-order valence-electron chi connectivity index (χ1n) is 9.29. The predicted octanol–water partition coefficient (Wildman–Crippen LogP) is 2.18. The normalized spacial score (nSPS) is 17.9. The van der Waals surface area contributed by atoms with Crippen molar-refractivity contribution in [2.75, 3.05) is 13.1 Å². The van der Waals surface area contributed by atoms with Gasteiger partial charge in [0.25, 0.3) is 5.91 Å². The molecule has 1 aliphatic rings. The van der Waals surface area contributed by atoms with Crippen LogP contribution >= 0.6 is 0 Å². The van der Waals surface area contributed by atoms with E-state index in [-0.39, 0.29) is 17.9 Å². The molecule has 3 rings (SSSR count). The van der Waals surface area contributed by atoms with E-state index in [0.29, 0.717) is 24.6 Å². The summed E-state index contributed by atoms with van der Waals surface area (Å²) < 4.78 is 0. The minimum absolute atomic E-state index is 0.00948. The molecule has 6 nitrogen and oxygen atoms in total. The summed E-state index contributed by atoms with van der Waals surface area (Å²) in [5, 5.41) is 4.17. The second-order valence-electron chi connectivity index (χ2n) is 7.47. The highest BCUT2D eigenvalue weighted by atomic mass is 16.2. The summed E-state index contributed by atoms with van der Waals surface area (Å²) in [7, 11) is 0. The molecule has 0 saturated carbocycles. The third-order valence-corrected chi connectivity index (χ3v) is 5.32. The third kappa shape index (κ3) is 3.90. The maximum atomic E-state index is 12.6. The Balaban J connectivity index is 1.58. The standard InChI is InChI=1S/C20H28N4O2/c1-12-10-17-11-16(4-5-18(17)22-12)19(25)23-14(3)15-6-8-24(9-7-15)20(26)13(2)21/h4-5,10-11,13-15,22H,6-9,21H2,1-3H3,(H,23,25). The van der Waals surface area contributed by atoms with Crippen LogP contribution in [0.2, 0.25) is 0 Å². The van der Waals surface area contributed by atoms with Crippen LogP contribution in [-0.2, 0) is 4.79 Å². The predicted molar refractivity (Wildman–Crippen MR) is 103 cm³/mol. The highest BCUT2D eigenvalue weighted by Gasteiger charge is 2.28. The molecule has 2 unspecified atom stereocenters. The van der Waals surface area contributed by atoms with E-state index < -0.39 is 6.04 Å². The molecule has 2 atom stereocenters. The lowest BCUT2D eigenvalue weighted by atomic mass is 9.90. The topological polar surface area (TPSA) is 91.2 Å². The molecule has 1 aliphatic heterocycles. The Morgan fingerprint density at radius 1 is 1.23 bits per heavy atom. The molecule has 2 amide bonds. The highest BCUT2D eigenvalue weighted by Crippen LogP contribution is 2.22. The molecule has 2 aromatic rings. The lowest BCUT2D eigenvalue weighted by Gasteiger charge is -2.35. The number of carbonyl (C=O) groups excluding carboxylic acids is 2. The number of fused-ring (bicyclic) bond motifs is 1. The van der Waals surface area contributed by atoms with Gasteiger partial charge in [-0.05, 0) is 63.8 Å². The number of nitrogens with two attached hydrogens (primary N) is 1. The van der Waals surface area contributed by atoms with Gasteiger partial charge in [0.15, 0.2) is 0 Å². The summed E-state index contributed by atoms with van der Waals surface area (Å²) >= 11 is 0. The molecule has 0 spiro atoms. The summed E-state index contributed by atoms with van der Waals surface area (Å²) in [5.41, 5.74) is 8.48. The zero-order valence-electron chi connectivity index (χ0n) is 15.7. The maximum Gasteiger partial charge on any atom is 0.251 e. The van der Waals surface area contributed by atoms with E-state index in [1.54, 1.807) is 6.92 Å². The Morgan fingerprint density at radius 3 is 2.58 bits per heavy atom. The van der Waals surface area contributed by atoms with Crippen molar-refractivity contribution >= 4 is 22.7 Å². The lowest BCUT2D eigenvalue weighted by molar-refractivity contribution is -0.133. The summed E-state index contributed by atoms with van der Waals surface area (Å²) in [6, 6.07) is 7.38. The second-order valence-corrected chi connectivity index (χ2v) is 7.47. The van der Waals surface area contributed by atoms with Crippen molar-refractivity contribution in [1.82, 2.24) is 15.2 Å². The van der Waals surface area contributed by atoms with Gasteiger partial charge in [-0.3, -0.25) is 9.59 Å². The van der Waals surface area contributed by atoms with Crippen molar-refractivity contribution in [3.05, 3.63) is 35.5 Å². The number of hydrogen-bond acceptors (Lipinski definition) is 3. The number of aromatic amines is 1. The molecule has 2 heterocycles. The number of H-pyrrole nitrogens is 1. The van der Waals surface area contributed by atoms with Crippen LogP contribution in [0.15, 0.2) is 24.3 Å². The fraction of sp³-hybridized carbons (Fsp3) is 0.500. The highest BCUT2D eigenvalue weighted by molar-refractivity contribution is 5.98. The monoisotopic (exact) mass is 356 g/mol. The zero-order chi connectivity index (χ0) is 18.8. The van der Waals surface area contributed by atoms with Crippen molar-refractivity contribution in [3.63, 3.8) is 0 Å². The summed E-state index contributed by atoms with van der Waals surface area (Å²) in [6.45, 7) is 7.19. The molecule has 0 radical (unpaired) electrons. The summed E-state index contributed by atoms with van der Waals surface area (Å²) in [4.78, 5) is 29.7. The molecule has 1 saturated heterocycles. The zero-order valence-corrected chi connectivity index (χ0v) is 15.7. The average Bonchev–Trinajstić information content (AvgIpc) is 3.00. The maximum absolute atomic E-state index is 12.6. The van der Waals surface area contributed by atoms with Crippen LogP contribution in [0.3, 0.4) is 0 Å². The van der Waals surface area contributed by atoms with Crippen molar-refractivity contribution in [2.24, 2.45) is 11.7 Å². The van der Waals surface area contributed by atoms with Gasteiger partial charge >= 0.3 is 0 Å². The Morgan fingerprint density at radius 2 is 1.92 bits per heavy atom. The van der Waals surface area contributed by atoms with E-state index >= 15 is 0 Å². The number of likely N-dealkylation sites (tertiary alicyclic amines) is 1. The van der Waals surface area contributed by atoms with E-state index in [0.717, 1.165) is 29.4 Å². The van der Waals surface area contributed by atoms with E-state index in [4.69, 9.17) is 5.73 Å². The number of aromatic nitrogens is 1. The minimum Gasteiger partial charge on any atom is -0.359 e. The summed E-state index contributed by atoms with van der Waals surface area (Å²) in [5.74, 6) is 0.330. The third-order valence-electron chi connectivity index (χ3n) is 5.32. The Kier molecular flexibility index (Phi) is 5.32. The van der Waals surface area contributed by atoms with Crippen LogP contribution in [-0.4, -0.2) is 46.9 Å². The molecular formula is C20H28N4O2. The van der Waals surface area contributed by atoms with E-state index in [1.807, 2.05) is 43.0 Å². The number of nitrogens with one attached hydrogen (secondary N) is 2. The molecule has 0 bridgehead atoms. The van der Waals surface area contributed by atoms with Crippen LogP contribution < -0.4 is 11.1 Å². The quantitative estimate of drug-likeness (QED) is 0.784. The Labute approximate surface area is 154 Å². The number of piperidine rings is 1. The molecule has 140 valence electrons. The van der Waals surface area contributed by atoms with Crippen LogP contribution in [0.5, 0.6) is 0 Å². The first-order chi connectivity index (χ1) is 12.3. The van der Waals surface area contributed by atoms with Crippen molar-refractivity contribution in [1.29, 1.82) is 0 Å². The fourth-order valence-electron chi connectivity index (χ4n) is 3.73. The Hall–Kier alpha value is -2.34. The number of rotatable bonds is 4. The van der Waals surface area contributed by atoms with Gasteiger partial charge in [0.1, 0.15) is 0 Å². The first kappa shape index (κ1) is 18.5. The number of amides is 2. The van der Waals surface area contributed by atoms with Gasteiger partial charge in [0.05, 0.1) is 6.04 Å². The lowest BCUT2D eigenvalue weighted by Crippen LogP contribution is -2.49. The number of hydrogen-bond donors (Lipinski definition) is 3. The van der Waals surface area contributed by atoms with E-state index in [1.165, 1.54) is 0 Å². The van der Waals surface area contributed by atoms with Crippen molar-refractivity contribution in [2.45, 2.75) is 45.7 Å². The summed E-state index contributed by atoms with van der Waals surface area (Å²) in [6.07, 6.45) is 1.77. The van der Waals surface area contributed by atoms with Gasteiger partial charge in [0, 0.05) is 41.3 Å². The van der Waals surface area contributed by atoms with Gasteiger partial charge in [-0.1, -0.05) is 0 Å². The first-order valence-corrected chi connectivity index (χ1v) is 9.29. The molecular weight excluding hydrogens is 328 g/mol. The van der Waals surface area contributed by atoms with Crippen LogP contribution in [0.25, 0.3) is 10.9 Å². The van der Waals surface area contributed by atoms with Crippen molar-refractivity contribution < 1.29 is 9.59 Å². The van der Waals surface area contributed by atoms with E-state index in [9.17, 15) is 9.59 Å². The number of carbonyl (C=O) groups is 2. The van der Waals surface area contributed by atoms with Gasteiger partial charge < -0.3 is 20.9 Å². The van der Waals surface area contributed by atoms with Crippen LogP contribution in [0.4, 0.5) is 0 Å². The molecule has 4 N–H and O–H groups in total. The van der Waals surface area contributed by atoms with Gasteiger partial charge in [-0.15, -0.1) is 0 Å². The average molecular weight is 356 g/mol. The molecule has 1 aromatic carbocycles. The fourth-order valence-corrected chi connectivity index (χ4v) is 3.73. The number of aryl methyl sites for hydroxylation is 1. The molecule has 0 aliphatic carbocycles. The van der Waals surface area contributed by atoms with Crippen LogP contribution in [0, 0.1) is 12.8 Å². The SMILES string of the molecule is Cc1cc2cc(C(=O)NC(C)C3CCN(C(=O)C(C)N)CC3)ccc2[nH]1. The van der Waals surface area contributed by atoms with Crippen molar-refractivity contribution in [3.8, 4) is 0 Å². The van der Waals surface area contributed by atoms with Gasteiger partial charge in [-0.2, -0.15) is 0 Å². The minimum atomic E-state index is -0.448. The number of benzene rings is 1. The van der Waals surface area contributed by atoms with Gasteiger partial charge in [-0.25, -0.2) is 0 Å². The molecule has 1 fully saturated rings. The largest absolute Gasteiger partial charge is 0.359 e. The molecule has 6 heteroatoms. The number of nitrogens with zero attached hydrogens (tertiary/aromatic N) is 1. The van der Waals surface area contributed by atoms with E-state index in [2.05, 4.69) is 10.3 Å². The van der Waals surface area contributed by atoms with Crippen LogP contribution in [0.1, 0.15) is 42.7 Å². The smallest absolute Gasteiger partial charge is 0.251 e. The Bertz CT molecular complexity index is 803. The second kappa shape index (κ2) is 7.50. The van der Waals surface area contributed by atoms with Gasteiger partial charge in [0.2, 0.25) is 5.91 Å². The molecule has 1 aromatic heterocycles.